The van der Waals surface area contributed by atoms with Crippen molar-refractivity contribution in [1.82, 2.24) is 0 Å². The summed E-state index contributed by atoms with van der Waals surface area (Å²) in [5, 5.41) is 0. The van der Waals surface area contributed by atoms with Crippen molar-refractivity contribution in [3.63, 3.8) is 0 Å². The summed E-state index contributed by atoms with van der Waals surface area (Å²) in [7, 11) is 0. The van der Waals surface area contributed by atoms with Crippen molar-refractivity contribution in [3.8, 4) is 0 Å². The summed E-state index contributed by atoms with van der Waals surface area (Å²) in [6.07, 6.45) is 7.43. The van der Waals surface area contributed by atoms with E-state index >= 15 is 0 Å². The summed E-state index contributed by atoms with van der Waals surface area (Å²) >= 11 is 3.43. The Hall–Kier alpha value is -0.860. The second-order valence-electron chi connectivity index (χ2n) is 3.52. The zero-order valence-corrected chi connectivity index (χ0v) is 9.98. The van der Waals surface area contributed by atoms with Crippen LogP contribution in [0.5, 0.6) is 0 Å². The van der Waals surface area contributed by atoms with Crippen LogP contribution in [0.2, 0.25) is 0 Å². The first-order valence-electron chi connectivity index (χ1n) is 5.04. The molecule has 0 aliphatic heterocycles. The van der Waals surface area contributed by atoms with Gasteiger partial charge in [-0.05, 0) is 18.1 Å². The van der Waals surface area contributed by atoms with Crippen LogP contribution in [0, 0.1) is 0 Å². The molecule has 1 aromatic carbocycles. The molecule has 1 aliphatic carbocycles. The molecule has 1 nitrogen and oxygen atoms in total. The lowest BCUT2D eigenvalue weighted by Gasteiger charge is -2.15. The number of benzene rings is 1. The summed E-state index contributed by atoms with van der Waals surface area (Å²) in [5.74, 6) is 0. The Morgan fingerprint density at radius 2 is 2.07 bits per heavy atom. The van der Waals surface area contributed by atoms with Gasteiger partial charge >= 0.3 is 0 Å². The normalized spacial score (nSPS) is 20.1. The van der Waals surface area contributed by atoms with Gasteiger partial charge in [0.15, 0.2) is 0 Å². The third-order valence-corrected chi connectivity index (χ3v) is 2.91. The van der Waals surface area contributed by atoms with Gasteiger partial charge in [0.25, 0.3) is 0 Å². The second-order valence-corrected chi connectivity index (χ2v) is 4.43. The molecule has 0 aromatic heterocycles. The molecule has 0 N–H and O–H groups in total. The van der Waals surface area contributed by atoms with Crippen molar-refractivity contribution in [2.24, 2.45) is 0 Å². The smallest absolute Gasteiger partial charge is 0.0798 e. The fourth-order valence-electron chi connectivity index (χ4n) is 1.48. The van der Waals surface area contributed by atoms with Crippen LogP contribution < -0.4 is 0 Å². The van der Waals surface area contributed by atoms with Crippen LogP contribution in [-0.2, 0) is 11.3 Å². The molecule has 15 heavy (non-hydrogen) atoms. The van der Waals surface area contributed by atoms with E-state index in [-0.39, 0.29) is 6.10 Å². The molecule has 0 amide bonds. The van der Waals surface area contributed by atoms with Gasteiger partial charge in [-0.3, -0.25) is 0 Å². The van der Waals surface area contributed by atoms with E-state index in [2.05, 4.69) is 40.2 Å². The molecule has 0 radical (unpaired) electrons. The van der Waals surface area contributed by atoms with Crippen LogP contribution >= 0.6 is 15.9 Å². The lowest BCUT2D eigenvalue weighted by atomic mass is 10.1. The van der Waals surface area contributed by atoms with Crippen molar-refractivity contribution in [2.75, 3.05) is 0 Å². The van der Waals surface area contributed by atoms with E-state index in [1.165, 1.54) is 5.56 Å². The molecule has 0 bridgehead atoms. The van der Waals surface area contributed by atoms with Gasteiger partial charge in [-0.25, -0.2) is 0 Å². The monoisotopic (exact) mass is 264 g/mol. The summed E-state index contributed by atoms with van der Waals surface area (Å²) in [4.78, 5) is 0. The van der Waals surface area contributed by atoms with Crippen molar-refractivity contribution in [1.29, 1.82) is 0 Å². The Balaban J connectivity index is 1.83. The molecule has 1 unspecified atom stereocenters. The van der Waals surface area contributed by atoms with E-state index < -0.39 is 0 Å². The fraction of sp³-hybridized carbons (Fsp3) is 0.231. The van der Waals surface area contributed by atoms with Gasteiger partial charge in [0.05, 0.1) is 12.7 Å². The lowest BCUT2D eigenvalue weighted by molar-refractivity contribution is 0.0732. The van der Waals surface area contributed by atoms with E-state index in [0.717, 1.165) is 10.9 Å². The number of hydrogen-bond donors (Lipinski definition) is 0. The van der Waals surface area contributed by atoms with Gasteiger partial charge < -0.3 is 4.74 Å². The minimum atomic E-state index is 0.214. The van der Waals surface area contributed by atoms with Crippen LogP contribution in [-0.4, -0.2) is 6.10 Å². The van der Waals surface area contributed by atoms with E-state index in [4.69, 9.17) is 4.74 Å². The first-order valence-corrected chi connectivity index (χ1v) is 5.83. The third-order valence-electron chi connectivity index (χ3n) is 2.32. The maximum Gasteiger partial charge on any atom is 0.0798 e. The van der Waals surface area contributed by atoms with Crippen molar-refractivity contribution < 1.29 is 4.74 Å². The van der Waals surface area contributed by atoms with Gasteiger partial charge in [-0.2, -0.15) is 0 Å². The molecular weight excluding hydrogens is 252 g/mol. The highest BCUT2D eigenvalue weighted by atomic mass is 79.9. The van der Waals surface area contributed by atoms with E-state index in [9.17, 15) is 0 Å². The van der Waals surface area contributed by atoms with Crippen molar-refractivity contribution in [2.45, 2.75) is 19.1 Å². The highest BCUT2D eigenvalue weighted by molar-refractivity contribution is 9.11. The molecule has 0 heterocycles. The van der Waals surface area contributed by atoms with Gasteiger partial charge in [0.1, 0.15) is 0 Å². The Kier molecular flexibility index (Phi) is 3.75. The minimum Gasteiger partial charge on any atom is -0.369 e. The standard InChI is InChI=1S/C13H13BrO/c14-12-6-8-13(9-7-12)15-10-11-4-2-1-3-5-11/h1-8,13H,9-10H2. The SMILES string of the molecule is BrC1=CCC(OCc2ccccc2)C=C1. The van der Waals surface area contributed by atoms with Gasteiger partial charge in [0, 0.05) is 4.48 Å². The number of rotatable bonds is 3. The van der Waals surface area contributed by atoms with E-state index in [1.54, 1.807) is 0 Å². The largest absolute Gasteiger partial charge is 0.369 e. The highest BCUT2D eigenvalue weighted by Crippen LogP contribution is 2.18. The van der Waals surface area contributed by atoms with Crippen molar-refractivity contribution in [3.05, 3.63) is 58.6 Å². The van der Waals surface area contributed by atoms with Crippen LogP contribution in [0.3, 0.4) is 0 Å². The molecular formula is C13H13BrO. The average molecular weight is 265 g/mol. The number of ether oxygens (including phenoxy) is 1. The van der Waals surface area contributed by atoms with Crippen LogP contribution in [0.25, 0.3) is 0 Å². The van der Waals surface area contributed by atoms with Gasteiger partial charge in [-0.1, -0.05) is 58.4 Å². The summed E-state index contributed by atoms with van der Waals surface area (Å²) in [6.45, 7) is 0.682. The lowest BCUT2D eigenvalue weighted by Crippen LogP contribution is -2.10. The summed E-state index contributed by atoms with van der Waals surface area (Å²) in [6, 6.07) is 10.2. The first-order chi connectivity index (χ1) is 7.34. The predicted molar refractivity (Wildman–Crippen MR) is 65.8 cm³/mol. The van der Waals surface area contributed by atoms with Crippen LogP contribution in [0.15, 0.2) is 53.0 Å². The number of halogens is 1. The molecule has 78 valence electrons. The Labute approximate surface area is 98.6 Å². The topological polar surface area (TPSA) is 9.23 Å². The molecule has 2 rings (SSSR count). The van der Waals surface area contributed by atoms with E-state index in [1.807, 2.05) is 24.3 Å². The molecule has 1 atom stereocenters. The fourth-order valence-corrected chi connectivity index (χ4v) is 1.82. The zero-order valence-electron chi connectivity index (χ0n) is 8.40. The predicted octanol–water partition coefficient (Wildman–Crippen LogP) is 3.81. The maximum atomic E-state index is 5.77. The molecule has 1 aromatic rings. The van der Waals surface area contributed by atoms with Gasteiger partial charge in [-0.15, -0.1) is 0 Å². The molecule has 0 saturated heterocycles. The minimum absolute atomic E-state index is 0.214. The Morgan fingerprint density at radius 3 is 2.73 bits per heavy atom. The highest BCUT2D eigenvalue weighted by Gasteiger charge is 2.07. The summed E-state index contributed by atoms with van der Waals surface area (Å²) < 4.78 is 6.91. The maximum absolute atomic E-state index is 5.77. The Bertz CT molecular complexity index is 367. The Morgan fingerprint density at radius 1 is 1.27 bits per heavy atom. The average Bonchev–Trinajstić information content (AvgIpc) is 2.30. The third kappa shape index (κ3) is 3.33. The zero-order chi connectivity index (χ0) is 10.5. The number of hydrogen-bond acceptors (Lipinski definition) is 1. The molecule has 2 heteroatoms. The first kappa shape index (κ1) is 10.7. The molecule has 0 fully saturated rings. The molecule has 0 saturated carbocycles. The van der Waals surface area contributed by atoms with Gasteiger partial charge in [0.2, 0.25) is 0 Å². The van der Waals surface area contributed by atoms with Crippen LogP contribution in [0.4, 0.5) is 0 Å². The number of allylic oxidation sites excluding steroid dienone is 2. The quantitative estimate of drug-likeness (QED) is 0.807. The van der Waals surface area contributed by atoms with Crippen molar-refractivity contribution >= 4 is 15.9 Å². The molecule has 1 aliphatic rings. The van der Waals surface area contributed by atoms with Crippen LogP contribution in [0.1, 0.15) is 12.0 Å². The molecule has 0 spiro atoms. The van der Waals surface area contributed by atoms with E-state index in [0.29, 0.717) is 6.61 Å². The summed E-state index contributed by atoms with van der Waals surface area (Å²) in [5.41, 5.74) is 1.22. The second kappa shape index (κ2) is 5.29.